The fraction of sp³-hybridized carbons (Fsp3) is 0.375. The molecule has 2 aromatic rings. The van der Waals surface area contributed by atoms with E-state index in [4.69, 9.17) is 13.9 Å². The zero-order valence-corrected chi connectivity index (χ0v) is 12.2. The number of benzene rings is 1. The van der Waals surface area contributed by atoms with Crippen LogP contribution in [0.4, 0.5) is 0 Å². The number of carbonyl (C=O) groups excluding carboxylic acids is 2. The number of hydrogen-bond donors (Lipinski definition) is 0. The predicted molar refractivity (Wildman–Crippen MR) is 74.8 cm³/mol. The molecule has 0 unspecified atom stereocenters. The molecule has 1 aliphatic carbocycles. The van der Waals surface area contributed by atoms with Gasteiger partial charge < -0.3 is 13.9 Å². The molecular formula is C16H16O5. The van der Waals surface area contributed by atoms with Crippen LogP contribution in [0.1, 0.15) is 16.7 Å². The third kappa shape index (κ3) is 1.77. The maximum atomic E-state index is 12.2. The summed E-state index contributed by atoms with van der Waals surface area (Å²) in [5.41, 5.74) is 2.45. The second kappa shape index (κ2) is 4.62. The molecule has 1 aliphatic rings. The summed E-state index contributed by atoms with van der Waals surface area (Å²) in [7, 11) is 2.57. The van der Waals surface area contributed by atoms with Crippen LogP contribution in [0.15, 0.2) is 22.8 Å². The highest BCUT2D eigenvalue weighted by molar-refractivity contribution is 6.02. The van der Waals surface area contributed by atoms with Crippen molar-refractivity contribution in [1.82, 2.24) is 0 Å². The van der Waals surface area contributed by atoms with E-state index < -0.39 is 17.4 Å². The number of esters is 2. The summed E-state index contributed by atoms with van der Waals surface area (Å²) < 4.78 is 15.1. The van der Waals surface area contributed by atoms with Crippen LogP contribution in [0.5, 0.6) is 0 Å². The molecule has 0 atom stereocenters. The minimum Gasteiger partial charge on any atom is -0.468 e. The van der Waals surface area contributed by atoms with E-state index in [0.717, 1.165) is 27.7 Å². The van der Waals surface area contributed by atoms with Gasteiger partial charge in [-0.1, -0.05) is 0 Å². The first-order valence-electron chi connectivity index (χ1n) is 6.69. The number of hydrogen-bond acceptors (Lipinski definition) is 5. The first-order valence-corrected chi connectivity index (χ1v) is 6.69. The number of carbonyl (C=O) groups is 2. The number of rotatable bonds is 2. The second-order valence-corrected chi connectivity index (χ2v) is 5.39. The molecule has 5 nitrogen and oxygen atoms in total. The Kier molecular flexibility index (Phi) is 3.01. The average molecular weight is 288 g/mol. The molecule has 3 rings (SSSR count). The van der Waals surface area contributed by atoms with Crippen LogP contribution < -0.4 is 0 Å². The van der Waals surface area contributed by atoms with E-state index in [2.05, 4.69) is 0 Å². The van der Waals surface area contributed by atoms with E-state index in [1.807, 2.05) is 19.1 Å². The number of furan rings is 1. The summed E-state index contributed by atoms with van der Waals surface area (Å²) >= 11 is 0. The van der Waals surface area contributed by atoms with Crippen LogP contribution in [-0.2, 0) is 31.9 Å². The Morgan fingerprint density at radius 2 is 1.86 bits per heavy atom. The Bertz CT molecular complexity index is 724. The Balaban J connectivity index is 2.15. The van der Waals surface area contributed by atoms with Gasteiger partial charge in [0.05, 0.1) is 20.5 Å². The number of aryl methyl sites for hydroxylation is 1. The van der Waals surface area contributed by atoms with Gasteiger partial charge in [0.25, 0.3) is 0 Å². The average Bonchev–Trinajstić information content (AvgIpc) is 3.11. The first-order chi connectivity index (χ1) is 10.0. The fourth-order valence-electron chi connectivity index (χ4n) is 3.25. The van der Waals surface area contributed by atoms with Crippen molar-refractivity contribution in [2.75, 3.05) is 14.2 Å². The van der Waals surface area contributed by atoms with Gasteiger partial charge in [-0.3, -0.25) is 9.59 Å². The zero-order valence-electron chi connectivity index (χ0n) is 12.2. The van der Waals surface area contributed by atoms with Gasteiger partial charge in [0, 0.05) is 11.8 Å². The normalized spacial score (nSPS) is 15.8. The maximum absolute atomic E-state index is 12.2. The smallest absolute Gasteiger partial charge is 0.323 e. The fourth-order valence-corrected chi connectivity index (χ4v) is 3.25. The maximum Gasteiger partial charge on any atom is 0.323 e. The van der Waals surface area contributed by atoms with Crippen molar-refractivity contribution < 1.29 is 23.5 Å². The Hall–Kier alpha value is -2.30. The molecule has 1 aromatic heterocycles. The standard InChI is InChI=1S/C16H16O5/c1-9-11-4-5-21-13(11)6-10-7-16(8-12(9)10,14(17)19-2)15(18)20-3/h4-6H,7-8H2,1-3H3. The third-order valence-electron chi connectivity index (χ3n) is 4.37. The van der Waals surface area contributed by atoms with Crippen molar-refractivity contribution in [2.45, 2.75) is 19.8 Å². The molecule has 0 saturated carbocycles. The van der Waals surface area contributed by atoms with E-state index in [9.17, 15) is 9.59 Å². The van der Waals surface area contributed by atoms with Crippen molar-refractivity contribution in [2.24, 2.45) is 5.41 Å². The predicted octanol–water partition coefficient (Wildman–Crippen LogP) is 2.17. The van der Waals surface area contributed by atoms with Gasteiger partial charge in [0.1, 0.15) is 5.58 Å². The summed E-state index contributed by atoms with van der Waals surface area (Å²) in [5, 5.41) is 0.999. The van der Waals surface area contributed by atoms with Crippen molar-refractivity contribution in [3.05, 3.63) is 35.1 Å². The Morgan fingerprint density at radius 1 is 1.19 bits per heavy atom. The van der Waals surface area contributed by atoms with Crippen LogP contribution in [-0.4, -0.2) is 26.2 Å². The minimum absolute atomic E-state index is 0.277. The van der Waals surface area contributed by atoms with Crippen LogP contribution in [0.25, 0.3) is 11.0 Å². The van der Waals surface area contributed by atoms with Gasteiger partial charge in [-0.25, -0.2) is 0 Å². The number of methoxy groups -OCH3 is 2. The highest BCUT2D eigenvalue weighted by atomic mass is 16.5. The summed E-state index contributed by atoms with van der Waals surface area (Å²) in [6.45, 7) is 1.97. The minimum atomic E-state index is -1.28. The topological polar surface area (TPSA) is 65.7 Å². The van der Waals surface area contributed by atoms with Crippen LogP contribution in [0.2, 0.25) is 0 Å². The van der Waals surface area contributed by atoms with Gasteiger partial charge >= 0.3 is 11.9 Å². The van der Waals surface area contributed by atoms with Crippen molar-refractivity contribution in [1.29, 1.82) is 0 Å². The van der Waals surface area contributed by atoms with Crippen LogP contribution >= 0.6 is 0 Å². The largest absolute Gasteiger partial charge is 0.468 e. The Labute approximate surface area is 121 Å². The molecule has 0 spiro atoms. The lowest BCUT2D eigenvalue weighted by molar-refractivity contribution is -0.168. The lowest BCUT2D eigenvalue weighted by atomic mass is 9.84. The van der Waals surface area contributed by atoms with E-state index in [1.165, 1.54) is 14.2 Å². The summed E-state index contributed by atoms with van der Waals surface area (Å²) in [5.74, 6) is -1.11. The molecule has 21 heavy (non-hydrogen) atoms. The SMILES string of the molecule is COC(=O)C1(C(=O)OC)Cc2cc3occc3c(C)c2C1. The molecule has 0 aliphatic heterocycles. The highest BCUT2D eigenvalue weighted by Crippen LogP contribution is 2.43. The van der Waals surface area contributed by atoms with Gasteiger partial charge in [-0.2, -0.15) is 0 Å². The molecule has 0 amide bonds. The lowest BCUT2D eigenvalue weighted by Crippen LogP contribution is -2.42. The first kappa shape index (κ1) is 13.7. The van der Waals surface area contributed by atoms with Gasteiger partial charge in [-0.15, -0.1) is 0 Å². The molecule has 0 bridgehead atoms. The van der Waals surface area contributed by atoms with Gasteiger partial charge in [-0.05, 0) is 42.2 Å². The molecule has 1 heterocycles. The monoisotopic (exact) mass is 288 g/mol. The summed E-state index contributed by atoms with van der Waals surface area (Å²) in [6, 6.07) is 3.78. The van der Waals surface area contributed by atoms with Crippen molar-refractivity contribution in [3.8, 4) is 0 Å². The second-order valence-electron chi connectivity index (χ2n) is 5.39. The molecule has 0 saturated heterocycles. The molecule has 110 valence electrons. The Morgan fingerprint density at radius 3 is 2.48 bits per heavy atom. The molecule has 1 aromatic carbocycles. The van der Waals surface area contributed by atoms with Crippen LogP contribution in [0, 0.1) is 12.3 Å². The van der Waals surface area contributed by atoms with Crippen molar-refractivity contribution in [3.63, 3.8) is 0 Å². The van der Waals surface area contributed by atoms with E-state index in [1.54, 1.807) is 6.26 Å². The zero-order chi connectivity index (χ0) is 15.2. The van der Waals surface area contributed by atoms with Crippen molar-refractivity contribution >= 4 is 22.9 Å². The summed E-state index contributed by atoms with van der Waals surface area (Å²) in [6.07, 6.45) is 2.22. The van der Waals surface area contributed by atoms with Gasteiger partial charge in [0.2, 0.25) is 0 Å². The third-order valence-corrected chi connectivity index (χ3v) is 4.37. The van der Waals surface area contributed by atoms with E-state index >= 15 is 0 Å². The van der Waals surface area contributed by atoms with Crippen LogP contribution in [0.3, 0.4) is 0 Å². The van der Waals surface area contributed by atoms with E-state index in [0.29, 0.717) is 6.42 Å². The van der Waals surface area contributed by atoms with E-state index in [-0.39, 0.29) is 6.42 Å². The number of ether oxygens (including phenoxy) is 2. The molecule has 0 N–H and O–H groups in total. The van der Waals surface area contributed by atoms with Gasteiger partial charge in [0.15, 0.2) is 5.41 Å². The quantitative estimate of drug-likeness (QED) is 0.626. The molecule has 5 heteroatoms. The summed E-state index contributed by atoms with van der Waals surface area (Å²) in [4.78, 5) is 24.4. The molecule has 0 fully saturated rings. The highest BCUT2D eigenvalue weighted by Gasteiger charge is 2.53. The number of fused-ring (bicyclic) bond motifs is 2. The molecular weight excluding hydrogens is 272 g/mol. The lowest BCUT2D eigenvalue weighted by Gasteiger charge is -2.22. The molecule has 0 radical (unpaired) electrons.